The number of aryl methyl sites for hydroxylation is 1. The first kappa shape index (κ1) is 12.1. The number of aliphatic hydroxyl groups is 1. The molecule has 92 valence electrons. The zero-order chi connectivity index (χ0) is 12.1. The average Bonchev–Trinajstić information content (AvgIpc) is 2.71. The van der Waals surface area contributed by atoms with Gasteiger partial charge in [0.2, 0.25) is 0 Å². The summed E-state index contributed by atoms with van der Waals surface area (Å²) in [6.45, 7) is -0.0538. The van der Waals surface area contributed by atoms with Crippen LogP contribution >= 0.6 is 0 Å². The average molecular weight is 234 g/mol. The third-order valence-electron chi connectivity index (χ3n) is 3.30. The molecule has 0 amide bonds. The smallest absolute Gasteiger partial charge is 0.306 e. The third kappa shape index (κ3) is 3.30. The number of aliphatic hydroxyl groups excluding tert-OH is 1. The molecule has 1 fully saturated rings. The molecule has 3 nitrogen and oxygen atoms in total. The summed E-state index contributed by atoms with van der Waals surface area (Å²) in [6.07, 6.45) is 3.16. The lowest BCUT2D eigenvalue weighted by Crippen LogP contribution is -2.20. The van der Waals surface area contributed by atoms with E-state index in [-0.39, 0.29) is 24.6 Å². The molecule has 0 saturated carbocycles. The van der Waals surface area contributed by atoms with E-state index in [0.29, 0.717) is 6.42 Å². The van der Waals surface area contributed by atoms with E-state index in [2.05, 4.69) is 12.1 Å². The Bertz CT molecular complexity index is 361. The van der Waals surface area contributed by atoms with Crippen LogP contribution in [0.3, 0.4) is 0 Å². The van der Waals surface area contributed by atoms with Crippen LogP contribution in [0.5, 0.6) is 0 Å². The summed E-state index contributed by atoms with van der Waals surface area (Å²) in [5.74, 6) is 0.0185. The van der Waals surface area contributed by atoms with Crippen LogP contribution in [0.4, 0.5) is 0 Å². The van der Waals surface area contributed by atoms with Crippen LogP contribution < -0.4 is 0 Å². The van der Waals surface area contributed by atoms with E-state index in [1.54, 1.807) is 0 Å². The summed E-state index contributed by atoms with van der Waals surface area (Å²) >= 11 is 0. The van der Waals surface area contributed by atoms with Crippen molar-refractivity contribution in [1.82, 2.24) is 0 Å². The maximum atomic E-state index is 11.1. The topological polar surface area (TPSA) is 46.5 Å². The van der Waals surface area contributed by atoms with Gasteiger partial charge in [-0.1, -0.05) is 30.3 Å². The number of ether oxygens (including phenoxy) is 1. The molecule has 17 heavy (non-hydrogen) atoms. The van der Waals surface area contributed by atoms with E-state index < -0.39 is 0 Å². The molecule has 1 heterocycles. The van der Waals surface area contributed by atoms with Gasteiger partial charge in [0.25, 0.3) is 0 Å². The Labute approximate surface area is 101 Å². The standard InChI is InChI=1S/C14H18O3/c15-10-13-12(9-14(16)17-13)8-4-7-11-5-2-1-3-6-11/h1-3,5-6,12-13,15H,4,7-10H2/t12-,13+/m1/s1. The van der Waals surface area contributed by atoms with Gasteiger partial charge in [-0.2, -0.15) is 0 Å². The van der Waals surface area contributed by atoms with E-state index >= 15 is 0 Å². The number of cyclic esters (lactones) is 1. The lowest BCUT2D eigenvalue weighted by Gasteiger charge is -2.14. The van der Waals surface area contributed by atoms with Crippen LogP contribution in [0, 0.1) is 5.92 Å². The molecule has 1 saturated heterocycles. The van der Waals surface area contributed by atoms with Gasteiger partial charge in [0, 0.05) is 5.92 Å². The molecule has 2 rings (SSSR count). The van der Waals surface area contributed by atoms with E-state index in [1.807, 2.05) is 18.2 Å². The Morgan fingerprint density at radius 2 is 2.06 bits per heavy atom. The molecule has 0 aromatic heterocycles. The zero-order valence-corrected chi connectivity index (χ0v) is 9.84. The van der Waals surface area contributed by atoms with Gasteiger partial charge in [0.05, 0.1) is 13.0 Å². The maximum Gasteiger partial charge on any atom is 0.306 e. The summed E-state index contributed by atoms with van der Waals surface area (Å²) in [5.41, 5.74) is 1.32. The monoisotopic (exact) mass is 234 g/mol. The van der Waals surface area contributed by atoms with Crippen LogP contribution in [-0.2, 0) is 16.0 Å². The van der Waals surface area contributed by atoms with E-state index in [1.165, 1.54) is 5.56 Å². The van der Waals surface area contributed by atoms with Gasteiger partial charge in [-0.25, -0.2) is 0 Å². The molecular weight excluding hydrogens is 216 g/mol. The van der Waals surface area contributed by atoms with Gasteiger partial charge in [-0.3, -0.25) is 4.79 Å². The van der Waals surface area contributed by atoms with Crippen molar-refractivity contribution in [3.8, 4) is 0 Å². The largest absolute Gasteiger partial charge is 0.460 e. The molecule has 0 unspecified atom stereocenters. The van der Waals surface area contributed by atoms with Crippen molar-refractivity contribution in [2.45, 2.75) is 31.8 Å². The fourth-order valence-corrected chi connectivity index (χ4v) is 2.35. The first-order valence-electron chi connectivity index (χ1n) is 6.14. The molecule has 1 aromatic carbocycles. The van der Waals surface area contributed by atoms with E-state index in [0.717, 1.165) is 19.3 Å². The van der Waals surface area contributed by atoms with Crippen LogP contribution in [-0.4, -0.2) is 23.8 Å². The Morgan fingerprint density at radius 3 is 2.76 bits per heavy atom. The minimum Gasteiger partial charge on any atom is -0.460 e. The van der Waals surface area contributed by atoms with Crippen molar-refractivity contribution in [1.29, 1.82) is 0 Å². The SMILES string of the molecule is O=C1C[C@@H](CCCc2ccccc2)[C@H](CO)O1. The normalized spacial score (nSPS) is 23.7. The molecule has 1 aliphatic rings. The van der Waals surface area contributed by atoms with Gasteiger partial charge in [0.1, 0.15) is 6.10 Å². The minimum atomic E-state index is -0.279. The van der Waals surface area contributed by atoms with Gasteiger partial charge >= 0.3 is 5.97 Å². The van der Waals surface area contributed by atoms with Crippen LogP contribution in [0.2, 0.25) is 0 Å². The van der Waals surface area contributed by atoms with Crippen molar-refractivity contribution in [3.05, 3.63) is 35.9 Å². The molecule has 1 N–H and O–H groups in total. The van der Waals surface area contributed by atoms with E-state index in [9.17, 15) is 4.79 Å². The Kier molecular flexibility index (Phi) is 4.15. The lowest BCUT2D eigenvalue weighted by molar-refractivity contribution is -0.142. The number of hydrogen-bond donors (Lipinski definition) is 1. The Balaban J connectivity index is 1.77. The van der Waals surface area contributed by atoms with Gasteiger partial charge in [-0.15, -0.1) is 0 Å². The number of rotatable bonds is 5. The fourth-order valence-electron chi connectivity index (χ4n) is 2.35. The van der Waals surface area contributed by atoms with E-state index in [4.69, 9.17) is 9.84 Å². The summed E-state index contributed by atoms with van der Waals surface area (Å²) < 4.78 is 5.04. The van der Waals surface area contributed by atoms with Crippen LogP contribution in [0.25, 0.3) is 0 Å². The molecule has 2 atom stereocenters. The predicted molar refractivity (Wildman–Crippen MR) is 64.5 cm³/mol. The summed E-state index contributed by atoms with van der Waals surface area (Å²) in [5, 5.41) is 9.09. The second-order valence-electron chi connectivity index (χ2n) is 4.55. The Morgan fingerprint density at radius 1 is 1.29 bits per heavy atom. The molecule has 0 bridgehead atoms. The van der Waals surface area contributed by atoms with Crippen LogP contribution in [0.15, 0.2) is 30.3 Å². The summed E-state index contributed by atoms with van der Waals surface area (Å²) in [6, 6.07) is 10.3. The number of hydrogen-bond acceptors (Lipinski definition) is 3. The zero-order valence-electron chi connectivity index (χ0n) is 9.84. The second-order valence-corrected chi connectivity index (χ2v) is 4.55. The van der Waals surface area contributed by atoms with Gasteiger partial charge < -0.3 is 9.84 Å². The van der Waals surface area contributed by atoms with Crippen molar-refractivity contribution < 1.29 is 14.6 Å². The summed E-state index contributed by atoms with van der Waals surface area (Å²) in [4.78, 5) is 11.1. The molecule has 0 aliphatic carbocycles. The minimum absolute atomic E-state index is 0.0538. The Hall–Kier alpha value is -1.35. The fraction of sp³-hybridized carbons (Fsp3) is 0.500. The molecular formula is C14H18O3. The first-order valence-corrected chi connectivity index (χ1v) is 6.14. The molecule has 0 spiro atoms. The first-order chi connectivity index (χ1) is 8.29. The second kappa shape index (κ2) is 5.82. The number of carbonyl (C=O) groups excluding carboxylic acids is 1. The highest BCUT2D eigenvalue weighted by atomic mass is 16.6. The molecule has 3 heteroatoms. The van der Waals surface area contributed by atoms with Crippen molar-refractivity contribution in [3.63, 3.8) is 0 Å². The quantitative estimate of drug-likeness (QED) is 0.792. The maximum absolute atomic E-state index is 11.1. The highest BCUT2D eigenvalue weighted by molar-refractivity contribution is 5.72. The van der Waals surface area contributed by atoms with Crippen LogP contribution in [0.1, 0.15) is 24.8 Å². The predicted octanol–water partition coefficient (Wildman–Crippen LogP) is 1.93. The van der Waals surface area contributed by atoms with Crippen molar-refractivity contribution in [2.24, 2.45) is 5.92 Å². The van der Waals surface area contributed by atoms with Crippen molar-refractivity contribution >= 4 is 5.97 Å². The lowest BCUT2D eigenvalue weighted by atomic mass is 9.94. The number of esters is 1. The highest BCUT2D eigenvalue weighted by Gasteiger charge is 2.33. The van der Waals surface area contributed by atoms with Crippen molar-refractivity contribution in [2.75, 3.05) is 6.61 Å². The number of carbonyl (C=O) groups is 1. The third-order valence-corrected chi connectivity index (χ3v) is 3.30. The molecule has 1 aromatic rings. The highest BCUT2D eigenvalue weighted by Crippen LogP contribution is 2.26. The molecule has 1 aliphatic heterocycles. The molecule has 0 radical (unpaired) electrons. The summed E-state index contributed by atoms with van der Waals surface area (Å²) in [7, 11) is 0. The number of benzene rings is 1. The van der Waals surface area contributed by atoms with Gasteiger partial charge in [0.15, 0.2) is 0 Å². The van der Waals surface area contributed by atoms with Gasteiger partial charge in [-0.05, 0) is 24.8 Å².